The highest BCUT2D eigenvalue weighted by molar-refractivity contribution is 7.99. The number of hydrogen-bond acceptors (Lipinski definition) is 3. The molecule has 5 aromatic carbocycles. The van der Waals surface area contributed by atoms with Gasteiger partial charge in [0.1, 0.15) is 11.2 Å². The number of para-hydroxylation sites is 1. The van der Waals surface area contributed by atoms with Crippen LogP contribution in [-0.4, -0.2) is 0 Å². The number of benzene rings is 5. The summed E-state index contributed by atoms with van der Waals surface area (Å²) in [5.74, 6) is 3.28. The summed E-state index contributed by atoms with van der Waals surface area (Å²) in [6.07, 6.45) is 9.43. The highest BCUT2D eigenvalue weighted by Gasteiger charge is 2.60. The first kappa shape index (κ1) is 30.7. The van der Waals surface area contributed by atoms with Gasteiger partial charge in [-0.2, -0.15) is 0 Å². The molecule has 6 aromatic rings. The lowest BCUT2D eigenvalue weighted by Crippen LogP contribution is -2.57. The second-order valence-electron chi connectivity index (χ2n) is 18.1. The van der Waals surface area contributed by atoms with Gasteiger partial charge in [0, 0.05) is 49.1 Å². The summed E-state index contributed by atoms with van der Waals surface area (Å²) in [5.41, 5.74) is 12.1. The van der Waals surface area contributed by atoms with Crippen molar-refractivity contribution in [2.75, 3.05) is 4.90 Å². The Balaban J connectivity index is 1.14. The minimum atomic E-state index is 0.0941. The van der Waals surface area contributed by atoms with Gasteiger partial charge in [-0.3, -0.25) is 0 Å². The van der Waals surface area contributed by atoms with Gasteiger partial charge in [-0.05, 0) is 156 Å². The van der Waals surface area contributed by atoms with E-state index in [4.69, 9.17) is 4.42 Å². The Bertz CT molecular complexity index is 2370. The van der Waals surface area contributed by atoms with Gasteiger partial charge in [0.25, 0.3) is 0 Å². The fourth-order valence-electron chi connectivity index (χ4n) is 12.1. The zero-order chi connectivity index (χ0) is 34.3. The average Bonchev–Trinajstić information content (AvgIpc) is 3.50. The van der Waals surface area contributed by atoms with Crippen molar-refractivity contribution in [1.29, 1.82) is 0 Å². The summed E-state index contributed by atoms with van der Waals surface area (Å²) in [6.45, 7) is 9.74. The zero-order valence-corrected chi connectivity index (χ0v) is 31.2. The number of rotatable bonds is 3. The molecule has 2 heterocycles. The van der Waals surface area contributed by atoms with E-state index in [2.05, 4.69) is 136 Å². The lowest BCUT2D eigenvalue weighted by Gasteiger charge is -2.63. The largest absolute Gasteiger partial charge is 0.456 e. The van der Waals surface area contributed by atoms with Gasteiger partial charge in [-0.15, -0.1) is 0 Å². The van der Waals surface area contributed by atoms with Crippen LogP contribution in [0.4, 0.5) is 17.1 Å². The van der Waals surface area contributed by atoms with E-state index in [1.165, 1.54) is 88.0 Å². The summed E-state index contributed by atoms with van der Waals surface area (Å²) < 4.78 is 6.52. The van der Waals surface area contributed by atoms with Crippen LogP contribution < -0.4 is 4.90 Å². The molecule has 0 atom stereocenters. The molecule has 1 aliphatic heterocycles. The molecule has 6 aliphatic rings. The Morgan fingerprint density at radius 1 is 0.529 bits per heavy atom. The number of nitrogens with zero attached hydrogens (tertiary/aromatic N) is 1. The molecule has 1 spiro atoms. The molecule has 5 aliphatic carbocycles. The maximum atomic E-state index is 6.52. The minimum Gasteiger partial charge on any atom is -0.456 e. The van der Waals surface area contributed by atoms with Crippen LogP contribution in [-0.2, 0) is 16.2 Å². The Morgan fingerprint density at radius 3 is 1.90 bits per heavy atom. The molecule has 4 bridgehead atoms. The quantitative estimate of drug-likeness (QED) is 0.184. The topological polar surface area (TPSA) is 16.4 Å². The van der Waals surface area contributed by atoms with Crippen molar-refractivity contribution in [3.05, 3.63) is 125 Å². The smallest absolute Gasteiger partial charge is 0.137 e. The highest BCUT2D eigenvalue weighted by atomic mass is 32.2. The standard InChI is InChI=1S/C48H47NOS/c1-46(2)19-20-47(3,4)40-26-33(14-17-38(40)46)49(35-13-16-37-36-9-5-7-11-42(36)50-43(37)28-35)34-15-18-45-41(27-34)48(39-10-6-8-12-44(39)51-45)31-22-29-21-30(24-31)25-32(48)23-29/h5-18,26-32H,19-25H2,1-4H3. The SMILES string of the molecule is CC1(C)CCC(C)(C)c2cc(N(c3ccc4c(c3)C3(c5ccccc5S4)C4CC5CC(C4)CC3C5)c3ccc4c(c3)oc3ccccc34)ccc21. The second kappa shape index (κ2) is 10.6. The van der Waals surface area contributed by atoms with Crippen LogP contribution in [0.1, 0.15) is 94.9 Å². The van der Waals surface area contributed by atoms with Gasteiger partial charge in [0.05, 0.1) is 0 Å². The summed E-state index contributed by atoms with van der Waals surface area (Å²) >= 11 is 2.00. The van der Waals surface area contributed by atoms with Crippen molar-refractivity contribution in [2.24, 2.45) is 23.7 Å². The van der Waals surface area contributed by atoms with Crippen molar-refractivity contribution in [1.82, 2.24) is 0 Å². The van der Waals surface area contributed by atoms with Crippen molar-refractivity contribution in [3.63, 3.8) is 0 Å². The van der Waals surface area contributed by atoms with Gasteiger partial charge < -0.3 is 9.32 Å². The van der Waals surface area contributed by atoms with Crippen LogP contribution >= 0.6 is 11.8 Å². The fourth-order valence-corrected chi connectivity index (χ4v) is 13.3. The first-order valence-electron chi connectivity index (χ1n) is 19.5. The molecule has 0 saturated heterocycles. The lowest BCUT2D eigenvalue weighted by atomic mass is 9.42. The number of fused-ring (bicyclic) bond motifs is 6. The first-order valence-corrected chi connectivity index (χ1v) is 20.3. The van der Waals surface area contributed by atoms with E-state index in [9.17, 15) is 0 Å². The maximum absolute atomic E-state index is 6.52. The van der Waals surface area contributed by atoms with Gasteiger partial charge in [-0.25, -0.2) is 0 Å². The summed E-state index contributed by atoms with van der Waals surface area (Å²) in [5, 5.41) is 2.35. The molecule has 12 rings (SSSR count). The van der Waals surface area contributed by atoms with Crippen LogP contribution in [0.2, 0.25) is 0 Å². The molecule has 2 nitrogen and oxygen atoms in total. The molecule has 0 unspecified atom stereocenters. The Morgan fingerprint density at radius 2 is 1.12 bits per heavy atom. The third-order valence-electron chi connectivity index (χ3n) is 14.4. The average molecular weight is 686 g/mol. The summed E-state index contributed by atoms with van der Waals surface area (Å²) in [7, 11) is 0. The van der Waals surface area contributed by atoms with Gasteiger partial charge in [0.15, 0.2) is 0 Å². The third kappa shape index (κ3) is 4.31. The fraction of sp³-hybridized carbons (Fsp3) is 0.375. The molecular weight excluding hydrogens is 639 g/mol. The van der Waals surface area contributed by atoms with Crippen LogP contribution in [0, 0.1) is 23.7 Å². The molecule has 1 aromatic heterocycles. The monoisotopic (exact) mass is 685 g/mol. The molecule has 51 heavy (non-hydrogen) atoms. The van der Waals surface area contributed by atoms with E-state index in [0.717, 1.165) is 40.5 Å². The number of hydrogen-bond donors (Lipinski definition) is 0. The van der Waals surface area contributed by atoms with E-state index in [0.29, 0.717) is 0 Å². The zero-order valence-electron chi connectivity index (χ0n) is 30.3. The molecule has 256 valence electrons. The molecule has 0 radical (unpaired) electrons. The molecule has 0 amide bonds. The molecule has 4 fully saturated rings. The van der Waals surface area contributed by atoms with Gasteiger partial charge >= 0.3 is 0 Å². The van der Waals surface area contributed by atoms with Crippen LogP contribution in [0.3, 0.4) is 0 Å². The minimum absolute atomic E-state index is 0.0941. The second-order valence-corrected chi connectivity index (χ2v) is 19.1. The lowest BCUT2D eigenvalue weighted by molar-refractivity contribution is -0.0443. The first-order chi connectivity index (χ1) is 24.7. The normalized spacial score (nSPS) is 27.8. The van der Waals surface area contributed by atoms with Gasteiger partial charge in [0.2, 0.25) is 0 Å². The molecular formula is C48H47NOS. The maximum Gasteiger partial charge on any atom is 0.137 e. The van der Waals surface area contributed by atoms with E-state index < -0.39 is 0 Å². The highest BCUT2D eigenvalue weighted by Crippen LogP contribution is 2.69. The van der Waals surface area contributed by atoms with Crippen molar-refractivity contribution < 1.29 is 4.42 Å². The summed E-state index contributed by atoms with van der Waals surface area (Å²) in [4.78, 5) is 5.49. The van der Waals surface area contributed by atoms with E-state index in [1.54, 1.807) is 11.1 Å². The predicted molar refractivity (Wildman–Crippen MR) is 212 cm³/mol. The van der Waals surface area contributed by atoms with Crippen LogP contribution in [0.15, 0.2) is 117 Å². The van der Waals surface area contributed by atoms with Crippen LogP contribution in [0.25, 0.3) is 21.9 Å². The molecule has 0 N–H and O–H groups in total. The van der Waals surface area contributed by atoms with Crippen molar-refractivity contribution in [3.8, 4) is 0 Å². The summed E-state index contributed by atoms with van der Waals surface area (Å²) in [6, 6.07) is 39.7. The van der Waals surface area contributed by atoms with Crippen molar-refractivity contribution >= 4 is 50.8 Å². The third-order valence-corrected chi connectivity index (χ3v) is 15.5. The van der Waals surface area contributed by atoms with E-state index in [-0.39, 0.29) is 16.2 Å². The predicted octanol–water partition coefficient (Wildman–Crippen LogP) is 13.6. The molecule has 4 saturated carbocycles. The van der Waals surface area contributed by atoms with Gasteiger partial charge in [-0.1, -0.05) is 81.9 Å². The van der Waals surface area contributed by atoms with E-state index >= 15 is 0 Å². The molecule has 3 heteroatoms. The number of anilines is 3. The van der Waals surface area contributed by atoms with Crippen LogP contribution in [0.5, 0.6) is 0 Å². The Kier molecular flexibility index (Phi) is 6.35. The van der Waals surface area contributed by atoms with E-state index in [1.807, 2.05) is 11.8 Å². The number of furan rings is 1. The Labute approximate surface area is 306 Å². The Hall–Kier alpha value is -3.95. The van der Waals surface area contributed by atoms with Crippen molar-refractivity contribution in [2.45, 2.75) is 98.7 Å².